The maximum Gasteiger partial charge on any atom is 0.300 e. The number of nitrogens with zero attached hydrogens (tertiary/aromatic N) is 2. The van der Waals surface area contributed by atoms with E-state index >= 15 is 0 Å². The fourth-order valence-corrected chi connectivity index (χ4v) is 4.61. The maximum absolute atomic E-state index is 13.6. The van der Waals surface area contributed by atoms with E-state index in [0.717, 1.165) is 5.69 Å². The van der Waals surface area contributed by atoms with Crippen molar-refractivity contribution in [1.82, 2.24) is 0 Å². The van der Waals surface area contributed by atoms with Gasteiger partial charge < -0.3 is 24.2 Å². The smallest absolute Gasteiger partial charge is 0.300 e. The zero-order valence-electron chi connectivity index (χ0n) is 22.9. The lowest BCUT2D eigenvalue weighted by atomic mass is 9.94. The van der Waals surface area contributed by atoms with Crippen LogP contribution < -0.4 is 24.0 Å². The number of ether oxygens (including phenoxy) is 3. The summed E-state index contributed by atoms with van der Waals surface area (Å²) in [6.07, 6.45) is 0. The van der Waals surface area contributed by atoms with Gasteiger partial charge in [-0.15, -0.1) is 0 Å². The van der Waals surface area contributed by atoms with Crippen LogP contribution in [0.3, 0.4) is 0 Å². The Morgan fingerprint density at radius 2 is 1.41 bits per heavy atom. The molecule has 1 unspecified atom stereocenters. The molecule has 0 radical (unpaired) electrons. The first-order valence-electron chi connectivity index (χ1n) is 13.0. The summed E-state index contributed by atoms with van der Waals surface area (Å²) < 4.78 is 16.9. The van der Waals surface area contributed by atoms with Gasteiger partial charge in [-0.25, -0.2) is 0 Å². The van der Waals surface area contributed by atoms with Crippen LogP contribution in [0.15, 0.2) is 72.3 Å². The van der Waals surface area contributed by atoms with Gasteiger partial charge in [-0.1, -0.05) is 12.1 Å². The fourth-order valence-electron chi connectivity index (χ4n) is 4.61. The van der Waals surface area contributed by atoms with Crippen LogP contribution in [0.5, 0.6) is 17.2 Å². The lowest BCUT2D eigenvalue weighted by molar-refractivity contribution is -0.132. The van der Waals surface area contributed by atoms with Gasteiger partial charge in [0.2, 0.25) is 0 Å². The summed E-state index contributed by atoms with van der Waals surface area (Å²) in [5, 5.41) is 11.6. The number of ketones is 1. The van der Waals surface area contributed by atoms with Crippen molar-refractivity contribution in [3.05, 3.63) is 83.4 Å². The molecule has 0 spiro atoms. The average Bonchev–Trinajstić information content (AvgIpc) is 3.19. The topological polar surface area (TPSA) is 88.5 Å². The van der Waals surface area contributed by atoms with Crippen LogP contribution in [0.25, 0.3) is 5.76 Å². The molecule has 1 fully saturated rings. The summed E-state index contributed by atoms with van der Waals surface area (Å²) in [4.78, 5) is 30.5. The highest BCUT2D eigenvalue weighted by Crippen LogP contribution is 2.44. The Morgan fingerprint density at radius 3 is 2.00 bits per heavy atom. The van der Waals surface area contributed by atoms with Crippen LogP contribution in [-0.4, -0.2) is 50.7 Å². The molecule has 3 aromatic rings. The molecule has 0 aliphatic carbocycles. The van der Waals surface area contributed by atoms with E-state index in [0.29, 0.717) is 53.9 Å². The first-order valence-corrected chi connectivity index (χ1v) is 13.0. The highest BCUT2D eigenvalue weighted by atomic mass is 16.5. The quantitative estimate of drug-likeness (QED) is 0.208. The highest BCUT2D eigenvalue weighted by molar-refractivity contribution is 6.51. The van der Waals surface area contributed by atoms with E-state index in [-0.39, 0.29) is 11.3 Å². The van der Waals surface area contributed by atoms with Gasteiger partial charge in [0.25, 0.3) is 11.7 Å². The van der Waals surface area contributed by atoms with Crippen molar-refractivity contribution in [2.24, 2.45) is 0 Å². The van der Waals surface area contributed by atoms with Crippen molar-refractivity contribution in [2.75, 3.05) is 43.7 Å². The van der Waals surface area contributed by atoms with E-state index < -0.39 is 17.7 Å². The molecular formula is C31H34N2O6. The van der Waals surface area contributed by atoms with Gasteiger partial charge in [0.15, 0.2) is 0 Å². The molecule has 0 aromatic heterocycles. The van der Waals surface area contributed by atoms with Crippen molar-refractivity contribution >= 4 is 28.8 Å². The molecule has 1 N–H and O–H groups in total. The van der Waals surface area contributed by atoms with E-state index in [4.69, 9.17) is 14.2 Å². The second-order valence-electron chi connectivity index (χ2n) is 9.11. The molecule has 1 saturated heterocycles. The average molecular weight is 531 g/mol. The van der Waals surface area contributed by atoms with Crippen molar-refractivity contribution in [1.29, 1.82) is 0 Å². The number of carbonyl (C=O) groups is 2. The van der Waals surface area contributed by atoms with Crippen LogP contribution in [0.1, 0.15) is 37.9 Å². The van der Waals surface area contributed by atoms with Crippen molar-refractivity contribution < 1.29 is 28.9 Å². The van der Waals surface area contributed by atoms with E-state index in [2.05, 4.69) is 0 Å². The molecular weight excluding hydrogens is 496 g/mol. The molecule has 1 atom stereocenters. The zero-order valence-corrected chi connectivity index (χ0v) is 22.9. The van der Waals surface area contributed by atoms with Crippen LogP contribution in [-0.2, 0) is 9.59 Å². The fraction of sp³-hybridized carbons (Fsp3) is 0.290. The maximum atomic E-state index is 13.6. The Morgan fingerprint density at radius 1 is 0.821 bits per heavy atom. The van der Waals surface area contributed by atoms with E-state index in [1.54, 1.807) is 42.5 Å². The van der Waals surface area contributed by atoms with Gasteiger partial charge >= 0.3 is 0 Å². The van der Waals surface area contributed by atoms with Gasteiger partial charge in [0, 0.05) is 31.5 Å². The number of amides is 1. The minimum atomic E-state index is -0.861. The number of rotatable bonds is 10. The largest absolute Gasteiger partial charge is 0.507 e. The number of carbonyl (C=O) groups excluding carboxylic acids is 2. The Kier molecular flexibility index (Phi) is 8.44. The van der Waals surface area contributed by atoms with Crippen LogP contribution in [0.2, 0.25) is 0 Å². The molecule has 3 aromatic carbocycles. The Balaban J connectivity index is 1.90. The molecule has 1 heterocycles. The molecule has 4 rings (SSSR count). The molecule has 204 valence electrons. The number of Topliss-reactive ketones (excluding diaryl/α,β-unsaturated/α-hetero) is 1. The second-order valence-corrected chi connectivity index (χ2v) is 9.11. The SMILES string of the molecule is CCOc1ccc(N2C(=O)C(=O)/C(=C(\O)c3ccc(OCC)cc3OCC)C2c2ccc(N(C)C)cc2)cc1. The van der Waals surface area contributed by atoms with E-state index in [9.17, 15) is 14.7 Å². The zero-order chi connectivity index (χ0) is 28.1. The minimum Gasteiger partial charge on any atom is -0.507 e. The third-order valence-corrected chi connectivity index (χ3v) is 6.41. The molecule has 1 amide bonds. The molecule has 39 heavy (non-hydrogen) atoms. The number of benzene rings is 3. The van der Waals surface area contributed by atoms with Crippen molar-refractivity contribution in [2.45, 2.75) is 26.8 Å². The number of aliphatic hydroxyl groups is 1. The molecule has 8 nitrogen and oxygen atoms in total. The van der Waals surface area contributed by atoms with Gasteiger partial charge in [-0.2, -0.15) is 0 Å². The van der Waals surface area contributed by atoms with Crippen LogP contribution in [0.4, 0.5) is 11.4 Å². The molecule has 1 aliphatic heterocycles. The molecule has 0 saturated carbocycles. The number of aliphatic hydroxyl groups excluding tert-OH is 1. The third-order valence-electron chi connectivity index (χ3n) is 6.41. The first kappa shape index (κ1) is 27.6. The first-order chi connectivity index (χ1) is 18.8. The Bertz CT molecular complexity index is 1360. The summed E-state index contributed by atoms with van der Waals surface area (Å²) in [5.74, 6) is -0.237. The summed E-state index contributed by atoms with van der Waals surface area (Å²) in [6.45, 7) is 6.90. The predicted octanol–water partition coefficient (Wildman–Crippen LogP) is 5.58. The Labute approximate surface area is 229 Å². The van der Waals surface area contributed by atoms with Gasteiger partial charge in [0.05, 0.1) is 37.0 Å². The number of hydrogen-bond acceptors (Lipinski definition) is 7. The number of hydrogen-bond donors (Lipinski definition) is 1. The predicted molar refractivity (Wildman–Crippen MR) is 152 cm³/mol. The van der Waals surface area contributed by atoms with Gasteiger partial charge in [-0.3, -0.25) is 14.5 Å². The highest BCUT2D eigenvalue weighted by Gasteiger charge is 2.47. The van der Waals surface area contributed by atoms with Crippen molar-refractivity contribution in [3.8, 4) is 17.2 Å². The standard InChI is InChI=1S/C31H34N2O6/c1-6-37-23-15-13-22(14-16-23)33-28(20-9-11-21(12-10-20)32(4)5)27(30(35)31(33)36)29(34)25-18-17-24(38-7-2)19-26(25)39-8-3/h9-19,28,34H,6-8H2,1-5H3/b29-27-. The molecule has 0 bridgehead atoms. The Hall–Kier alpha value is -4.46. The van der Waals surface area contributed by atoms with E-state index in [1.165, 1.54) is 4.90 Å². The van der Waals surface area contributed by atoms with Crippen LogP contribution in [0, 0.1) is 0 Å². The summed E-state index contributed by atoms with van der Waals surface area (Å²) >= 11 is 0. The normalized spacial score (nSPS) is 16.3. The number of anilines is 2. The summed E-state index contributed by atoms with van der Waals surface area (Å²) in [5.41, 5.74) is 2.44. The lowest BCUT2D eigenvalue weighted by Crippen LogP contribution is -2.29. The summed E-state index contributed by atoms with van der Waals surface area (Å²) in [7, 11) is 3.87. The molecule has 8 heteroatoms. The monoisotopic (exact) mass is 530 g/mol. The van der Waals surface area contributed by atoms with Crippen molar-refractivity contribution in [3.63, 3.8) is 0 Å². The summed E-state index contributed by atoms with van der Waals surface area (Å²) in [6, 6.07) is 18.7. The van der Waals surface area contributed by atoms with Gasteiger partial charge in [0.1, 0.15) is 23.0 Å². The minimum absolute atomic E-state index is 0.0170. The van der Waals surface area contributed by atoms with Crippen LogP contribution >= 0.6 is 0 Å². The molecule has 1 aliphatic rings. The second kappa shape index (κ2) is 11.9. The van der Waals surface area contributed by atoms with Gasteiger partial charge in [-0.05, 0) is 74.9 Å². The van der Waals surface area contributed by atoms with E-state index in [1.807, 2.05) is 64.0 Å². The third kappa shape index (κ3) is 5.55. The lowest BCUT2D eigenvalue weighted by Gasteiger charge is -2.26.